The Bertz CT molecular complexity index is 675. The maximum atomic E-state index is 12.6. The number of imidazole rings is 1. The van der Waals surface area contributed by atoms with Gasteiger partial charge in [-0.2, -0.15) is 0 Å². The van der Waals surface area contributed by atoms with E-state index in [1.54, 1.807) is 0 Å². The normalized spacial score (nSPS) is 17.3. The Morgan fingerprint density at radius 2 is 2.00 bits per heavy atom. The number of fused-ring (bicyclic) bond motifs is 1. The van der Waals surface area contributed by atoms with E-state index in [0.717, 1.165) is 42.0 Å². The van der Waals surface area contributed by atoms with Gasteiger partial charge in [0.15, 0.2) is 0 Å². The van der Waals surface area contributed by atoms with E-state index in [-0.39, 0.29) is 5.91 Å². The molecule has 0 spiro atoms. The van der Waals surface area contributed by atoms with Gasteiger partial charge >= 0.3 is 0 Å². The number of hydrazine groups is 1. The van der Waals surface area contributed by atoms with Gasteiger partial charge in [-0.05, 0) is 42.0 Å². The summed E-state index contributed by atoms with van der Waals surface area (Å²) < 4.78 is 2.74. The van der Waals surface area contributed by atoms with Crippen molar-refractivity contribution < 1.29 is 4.79 Å². The smallest absolute Gasteiger partial charge is 0.284 e. The molecule has 1 aliphatic heterocycles. The monoisotopic (exact) mass is 351 g/mol. The predicted molar refractivity (Wildman–Crippen MR) is 84.2 cm³/mol. The molecule has 1 fully saturated rings. The quantitative estimate of drug-likeness (QED) is 0.885. The first kappa shape index (κ1) is 14.5. The number of pyridine rings is 1. The molecule has 0 bridgehead atoms. The number of hydrogen-bond acceptors (Lipinski definition) is 4. The van der Waals surface area contributed by atoms with Crippen molar-refractivity contribution in [3.63, 3.8) is 0 Å². The second kappa shape index (κ2) is 5.75. The molecule has 1 amide bonds. The van der Waals surface area contributed by atoms with Gasteiger partial charge in [0.25, 0.3) is 5.91 Å². The minimum absolute atomic E-state index is 0.109. The Kier molecular flexibility index (Phi) is 3.97. The topological polar surface area (TPSA) is 52.9 Å². The summed E-state index contributed by atoms with van der Waals surface area (Å²) in [6.45, 7) is 5.44. The lowest BCUT2D eigenvalue weighted by Crippen LogP contribution is -2.52. The van der Waals surface area contributed by atoms with Crippen molar-refractivity contribution in [2.75, 3.05) is 33.2 Å². The van der Waals surface area contributed by atoms with Crippen molar-refractivity contribution in [3.8, 4) is 0 Å². The first-order valence-corrected chi connectivity index (χ1v) is 7.72. The highest BCUT2D eigenvalue weighted by Gasteiger charge is 2.21. The van der Waals surface area contributed by atoms with Crippen LogP contribution >= 0.6 is 15.9 Å². The van der Waals surface area contributed by atoms with Crippen LogP contribution in [0.25, 0.3) is 5.65 Å². The van der Waals surface area contributed by atoms with Crippen LogP contribution in [-0.2, 0) is 0 Å². The van der Waals surface area contributed by atoms with Crippen molar-refractivity contribution in [1.29, 1.82) is 0 Å². The van der Waals surface area contributed by atoms with Crippen LogP contribution in [0.15, 0.2) is 22.8 Å². The van der Waals surface area contributed by atoms with Crippen molar-refractivity contribution in [1.82, 2.24) is 24.7 Å². The van der Waals surface area contributed by atoms with Crippen LogP contribution in [0.3, 0.4) is 0 Å². The third kappa shape index (κ3) is 2.95. The number of rotatable bonds is 2. The van der Waals surface area contributed by atoms with Crippen LogP contribution in [0.2, 0.25) is 0 Å². The van der Waals surface area contributed by atoms with E-state index >= 15 is 0 Å². The maximum Gasteiger partial charge on any atom is 0.284 e. The van der Waals surface area contributed by atoms with E-state index in [1.165, 1.54) is 0 Å². The Labute approximate surface area is 131 Å². The average Bonchev–Trinajstić information content (AvgIpc) is 2.76. The number of carbonyl (C=O) groups excluding carboxylic acids is 1. The fourth-order valence-electron chi connectivity index (χ4n) is 2.52. The summed E-state index contributed by atoms with van der Waals surface area (Å²) in [5, 5.41) is 1.97. The molecular weight excluding hydrogens is 334 g/mol. The zero-order chi connectivity index (χ0) is 15.0. The summed E-state index contributed by atoms with van der Waals surface area (Å²) >= 11 is 3.43. The first-order chi connectivity index (χ1) is 10.0. The molecule has 112 valence electrons. The van der Waals surface area contributed by atoms with Crippen LogP contribution in [0.5, 0.6) is 0 Å². The molecule has 2 aromatic heterocycles. The van der Waals surface area contributed by atoms with Gasteiger partial charge in [0.05, 0.1) is 5.69 Å². The van der Waals surface area contributed by atoms with E-state index in [1.807, 2.05) is 34.7 Å². The minimum Gasteiger partial charge on any atom is -0.304 e. The van der Waals surface area contributed by atoms with Crippen LogP contribution in [0, 0.1) is 6.92 Å². The van der Waals surface area contributed by atoms with Gasteiger partial charge in [0.1, 0.15) is 11.3 Å². The van der Waals surface area contributed by atoms with Crippen LogP contribution in [0.1, 0.15) is 16.2 Å². The molecule has 0 saturated carbocycles. The Morgan fingerprint density at radius 1 is 1.29 bits per heavy atom. The molecular formula is C14H18BrN5O. The number of halogens is 1. The maximum absolute atomic E-state index is 12.6. The number of aryl methyl sites for hydroxylation is 1. The van der Waals surface area contributed by atoms with Gasteiger partial charge < -0.3 is 4.90 Å². The number of amides is 1. The summed E-state index contributed by atoms with van der Waals surface area (Å²) in [4.78, 5) is 19.2. The summed E-state index contributed by atoms with van der Waals surface area (Å²) in [5.74, 6) is -0.109. The molecule has 0 unspecified atom stereocenters. The largest absolute Gasteiger partial charge is 0.304 e. The third-order valence-corrected chi connectivity index (χ3v) is 4.20. The summed E-state index contributed by atoms with van der Waals surface area (Å²) in [5.41, 5.74) is 5.09. The summed E-state index contributed by atoms with van der Waals surface area (Å²) in [7, 11) is 2.09. The number of likely N-dealkylation sites (N-methyl/N-ethyl adjacent to an activating group) is 1. The lowest BCUT2D eigenvalue weighted by atomic mass is 10.3. The predicted octanol–water partition coefficient (Wildman–Crippen LogP) is 1.30. The molecule has 0 aliphatic carbocycles. The van der Waals surface area contributed by atoms with Crippen LogP contribution < -0.4 is 5.43 Å². The Morgan fingerprint density at radius 3 is 2.71 bits per heavy atom. The standard InChI is InChI=1S/C14H18BrN5O/c1-10-13(20-9-11(15)3-4-12(20)16-10)14(21)17-19-7-5-18(2)6-8-19/h3-4,9H,5-8H2,1-2H3,(H,17,21). The number of piperazine rings is 1. The molecule has 1 N–H and O–H groups in total. The second-order valence-corrected chi connectivity index (χ2v) is 6.27. The highest BCUT2D eigenvalue weighted by molar-refractivity contribution is 9.10. The molecule has 0 radical (unpaired) electrons. The fourth-order valence-corrected chi connectivity index (χ4v) is 2.86. The van der Waals surface area contributed by atoms with Crippen molar-refractivity contribution in [3.05, 3.63) is 34.2 Å². The van der Waals surface area contributed by atoms with Gasteiger partial charge in [-0.3, -0.25) is 14.6 Å². The highest BCUT2D eigenvalue weighted by Crippen LogP contribution is 2.16. The van der Waals surface area contributed by atoms with Gasteiger partial charge in [0, 0.05) is 36.8 Å². The Hall–Kier alpha value is -1.44. The van der Waals surface area contributed by atoms with E-state index in [2.05, 4.69) is 38.3 Å². The number of carbonyl (C=O) groups is 1. The van der Waals surface area contributed by atoms with Crippen molar-refractivity contribution >= 4 is 27.5 Å². The molecule has 0 aromatic carbocycles. The van der Waals surface area contributed by atoms with Gasteiger partial charge in [-0.15, -0.1) is 0 Å². The van der Waals surface area contributed by atoms with E-state index in [4.69, 9.17) is 0 Å². The third-order valence-electron chi connectivity index (χ3n) is 3.73. The first-order valence-electron chi connectivity index (χ1n) is 6.93. The zero-order valence-corrected chi connectivity index (χ0v) is 13.7. The fraction of sp³-hybridized carbons (Fsp3) is 0.429. The highest BCUT2D eigenvalue weighted by atomic mass is 79.9. The van der Waals surface area contributed by atoms with Crippen molar-refractivity contribution in [2.24, 2.45) is 0 Å². The summed E-state index contributed by atoms with van der Waals surface area (Å²) in [6.07, 6.45) is 1.87. The Balaban J connectivity index is 1.84. The number of nitrogens with zero attached hydrogens (tertiary/aromatic N) is 4. The van der Waals surface area contributed by atoms with Crippen LogP contribution in [-0.4, -0.2) is 58.4 Å². The average molecular weight is 352 g/mol. The summed E-state index contributed by atoms with van der Waals surface area (Å²) in [6, 6.07) is 3.81. The number of nitrogens with one attached hydrogen (secondary N) is 1. The molecule has 6 nitrogen and oxygen atoms in total. The van der Waals surface area contributed by atoms with Crippen LogP contribution in [0.4, 0.5) is 0 Å². The molecule has 3 rings (SSSR count). The molecule has 1 saturated heterocycles. The second-order valence-electron chi connectivity index (χ2n) is 5.35. The minimum atomic E-state index is -0.109. The number of hydrogen-bond donors (Lipinski definition) is 1. The van der Waals surface area contributed by atoms with Gasteiger partial charge in [0.2, 0.25) is 0 Å². The number of aromatic nitrogens is 2. The molecule has 1 aliphatic rings. The zero-order valence-electron chi connectivity index (χ0n) is 12.1. The van der Waals surface area contributed by atoms with E-state index < -0.39 is 0 Å². The molecule has 3 heterocycles. The van der Waals surface area contributed by atoms with Gasteiger partial charge in [-0.1, -0.05) is 0 Å². The molecule has 2 aromatic rings. The van der Waals surface area contributed by atoms with Gasteiger partial charge in [-0.25, -0.2) is 9.99 Å². The molecule has 7 heteroatoms. The van der Waals surface area contributed by atoms with Crippen molar-refractivity contribution in [2.45, 2.75) is 6.92 Å². The lowest BCUT2D eigenvalue weighted by molar-refractivity contribution is 0.0656. The lowest BCUT2D eigenvalue weighted by Gasteiger charge is -2.32. The molecule has 0 atom stereocenters. The SMILES string of the molecule is Cc1nc2ccc(Br)cn2c1C(=O)NN1CCN(C)CC1. The van der Waals surface area contributed by atoms with E-state index in [0.29, 0.717) is 5.69 Å². The van der Waals surface area contributed by atoms with E-state index in [9.17, 15) is 4.79 Å². The molecule has 21 heavy (non-hydrogen) atoms.